The Hall–Kier alpha value is -3.11. The summed E-state index contributed by atoms with van der Waals surface area (Å²) >= 11 is 0. The number of rotatable bonds is 25. The van der Waals surface area contributed by atoms with E-state index in [1.54, 1.807) is 0 Å². The van der Waals surface area contributed by atoms with Crippen LogP contribution in [0.15, 0.2) is 0 Å². The Kier molecular flexibility index (Phi) is 27.9. The van der Waals surface area contributed by atoms with E-state index >= 15 is 0 Å². The number of aliphatic hydroxyl groups excluding tert-OH is 23. The van der Waals surface area contributed by atoms with Crippen molar-refractivity contribution in [3.05, 3.63) is 0 Å². The molecule has 8 aliphatic heterocycles. The fourth-order valence-corrected chi connectivity index (χ4v) is 12.9. The summed E-state index contributed by atoms with van der Waals surface area (Å²) in [5.41, 5.74) is 0. The molecular weight excluding hydrogens is 1370 g/mol. The van der Waals surface area contributed by atoms with Gasteiger partial charge in [-0.15, -0.1) is 0 Å². The molecule has 0 radical (unpaired) electrons. The number of aliphatic carboxylic acids is 2. The minimum atomic E-state index is -3.56. The van der Waals surface area contributed by atoms with Crippen molar-refractivity contribution in [2.24, 2.45) is 0 Å². The van der Waals surface area contributed by atoms with Crippen molar-refractivity contribution in [2.75, 3.05) is 26.4 Å². The first-order chi connectivity index (χ1) is 46.8. The Balaban J connectivity index is 1.12. The average molecular weight is 1470 g/mol. The summed E-state index contributed by atoms with van der Waals surface area (Å²) < 4.78 is 87.3. The maximum atomic E-state index is 14.0. The molecule has 26 N–H and O–H groups in total. The Morgan fingerprint density at radius 1 is 0.430 bits per heavy atom. The van der Waals surface area contributed by atoms with Gasteiger partial charge < -0.3 is 204 Å². The molecule has 8 heterocycles. The van der Waals surface area contributed by atoms with E-state index in [1.807, 2.05) is 0 Å². The third kappa shape index (κ3) is 17.0. The van der Waals surface area contributed by atoms with Gasteiger partial charge in [0, 0.05) is 19.8 Å². The quantitative estimate of drug-likeness (QED) is 0.0404. The predicted octanol–water partition coefficient (Wildman–Crippen LogP) is -15.8. The number of carbonyl (C=O) groups is 3. The van der Waals surface area contributed by atoms with E-state index in [0.29, 0.717) is 0 Å². The molecule has 0 spiro atoms. The van der Waals surface area contributed by atoms with Crippen LogP contribution in [-0.2, 0) is 85.4 Å². The Bertz CT molecular complexity index is 2650. The average Bonchev–Trinajstić information content (AvgIpc) is 0.751. The summed E-state index contributed by atoms with van der Waals surface area (Å²) in [6.07, 6.45) is -85.5. The van der Waals surface area contributed by atoms with Crippen molar-refractivity contribution in [3.63, 3.8) is 0 Å². The van der Waals surface area contributed by atoms with Gasteiger partial charge in [-0.25, -0.2) is 9.59 Å². The van der Waals surface area contributed by atoms with Crippen LogP contribution >= 0.6 is 0 Å². The lowest BCUT2D eigenvalue weighted by Gasteiger charge is -2.52. The molecule has 0 aliphatic carbocycles. The van der Waals surface area contributed by atoms with Crippen molar-refractivity contribution in [2.45, 2.75) is 304 Å². The summed E-state index contributed by atoms with van der Waals surface area (Å²) in [4.78, 5) is 40.5. The minimum Gasteiger partial charge on any atom is -0.477 e. The van der Waals surface area contributed by atoms with Crippen molar-refractivity contribution in [1.29, 1.82) is 0 Å². The topological polar surface area (TPSA) is 707 Å². The summed E-state index contributed by atoms with van der Waals surface area (Å²) in [6, 6.07) is -2.04. The zero-order valence-electron chi connectivity index (χ0n) is 53.9. The van der Waals surface area contributed by atoms with Crippen LogP contribution in [0.1, 0.15) is 47.5 Å². The van der Waals surface area contributed by atoms with Crippen LogP contribution in [0.25, 0.3) is 0 Å². The predicted molar refractivity (Wildman–Crippen MR) is 305 cm³/mol. The molecule has 0 aromatic rings. The molecule has 0 aromatic heterocycles. The van der Waals surface area contributed by atoms with Gasteiger partial charge in [0.2, 0.25) is 5.91 Å². The van der Waals surface area contributed by atoms with E-state index < -0.39 is 314 Å². The summed E-state index contributed by atoms with van der Waals surface area (Å²) in [6.45, 7) is 0.427. The lowest BCUT2D eigenvalue weighted by molar-refractivity contribution is -0.408. The molecule has 0 saturated carbocycles. The van der Waals surface area contributed by atoms with Gasteiger partial charge in [-0.05, 0) is 27.7 Å². The number of carboxylic acids is 2. The highest BCUT2D eigenvalue weighted by molar-refractivity contribution is 5.76. The van der Waals surface area contributed by atoms with Gasteiger partial charge in [-0.3, -0.25) is 4.79 Å². The first-order valence-corrected chi connectivity index (χ1v) is 31.8. The Labute approximate surface area is 565 Å². The molecule has 100 heavy (non-hydrogen) atoms. The fourth-order valence-electron chi connectivity index (χ4n) is 12.9. The highest BCUT2D eigenvalue weighted by Crippen LogP contribution is 2.45. The lowest BCUT2D eigenvalue weighted by atomic mass is 9.89. The largest absolute Gasteiger partial charge is 0.477 e. The molecule has 8 rings (SSSR count). The van der Waals surface area contributed by atoms with Crippen molar-refractivity contribution < 1.29 is 213 Å². The third-order valence-corrected chi connectivity index (χ3v) is 18.9. The number of hydrogen-bond acceptors (Lipinski definition) is 41. The molecule has 44 nitrogen and oxygen atoms in total. The molecule has 42 atom stereocenters. The number of aliphatic hydroxyl groups is 23. The molecule has 8 aliphatic rings. The van der Waals surface area contributed by atoms with Crippen molar-refractivity contribution in [3.8, 4) is 0 Å². The number of carboxylic acid groups (broad SMARTS) is 2. The van der Waals surface area contributed by atoms with Crippen LogP contribution in [0.2, 0.25) is 0 Å². The minimum absolute atomic E-state index is 0.885. The number of nitrogens with one attached hydrogen (secondary N) is 1. The standard InChI is InChI=1S/C56H93NO43/c1-12-24(64)32(72)36(76)48(87-12)92-19-6-55(53(82)83,99-45(28(68)17(62)8-58)41(19)95-50-38(78)34(74)26(66)14(3)89-50)86-11-22-31(71)43(23(47(81)91-22)57-16(5)61)97-52-40(80)44(30(70)21(10-60)94-52)98-56(54(84)85)7-20(93-49-37(77)33(73)25(65)13(2)88-49)42(46(100-56)29(69)18(63)9-59)96-51-39(79)35(75)27(67)15(4)90-51/h12-15,17-52,58-60,62-81H,6-11H2,1-5H3,(H,57,61)(H,82,83)(H,84,85)/t12-,13-,14-,15-,17+,18+,19-,20-,21+,22+,23+,24+,25+,26+,27+,28+,29+,30-,31-,32+,33+,34+,35+,36-,37-,38-,39-,40+,41+,42+,43+,44-,45-,46-,47+,48-,49-,50-,51-,52-,55+,56+/m0/s1. The normalized spacial score (nSPS) is 50.2. The van der Waals surface area contributed by atoms with E-state index in [4.69, 9.17) is 71.1 Å². The summed E-state index contributed by atoms with van der Waals surface area (Å²) in [7, 11) is 0. The van der Waals surface area contributed by atoms with Crippen LogP contribution < -0.4 is 5.32 Å². The third-order valence-electron chi connectivity index (χ3n) is 18.9. The molecule has 1 amide bonds. The summed E-state index contributed by atoms with van der Waals surface area (Å²) in [5.74, 6) is -12.4. The number of carbonyl (C=O) groups excluding carboxylic acids is 1. The second kappa shape index (κ2) is 33.8. The number of ether oxygens (including phenoxy) is 15. The molecule has 0 bridgehead atoms. The molecule has 8 saturated heterocycles. The van der Waals surface area contributed by atoms with Crippen molar-refractivity contribution >= 4 is 17.8 Å². The number of hydrogen-bond donors (Lipinski definition) is 26. The highest BCUT2D eigenvalue weighted by atomic mass is 16.8. The van der Waals surface area contributed by atoms with Gasteiger partial charge in [0.05, 0.1) is 63.1 Å². The lowest BCUT2D eigenvalue weighted by Crippen LogP contribution is -2.71. The Morgan fingerprint density at radius 3 is 1.15 bits per heavy atom. The SMILES string of the molecule is CC(=O)N[C@@H]1[C@@H](O[C@@H]2O[C@H](CO)[C@H](O)[C@H](O[C@]3(C(=O)O)C[C@H](O[C@@H]4O[C@@H](C)[C@@H](O)[C@@H](O)[C@@H]4O)[C@@H](O[C@@H]4O[C@@H](C)[C@@H](O)[C@@H](O)[C@@H]4O)[C@H]([C@H](O)[C@H](O)CO)O3)[C@H]2O)[C@@H](O)[C@@H](CO[C@]2(C(=O)O)C[C@H](O[C@@H]3O[C@@H](C)[C@@H](O)[C@@H](O)[C@@H]3O)[C@@H](O[C@@H]3O[C@@H](C)[C@@H](O)[C@@H](O)[C@@H]3O)[C@H]([C@H](O)[C@H](O)CO)O2)O[C@H]1O. The number of amides is 1. The molecule has 8 fully saturated rings. The van der Waals surface area contributed by atoms with Gasteiger partial charge >= 0.3 is 11.9 Å². The van der Waals surface area contributed by atoms with E-state index in [9.17, 15) is 142 Å². The van der Waals surface area contributed by atoms with Crippen LogP contribution in [0, 0.1) is 0 Å². The van der Waals surface area contributed by atoms with Crippen LogP contribution in [-0.4, -0.2) is 429 Å². The van der Waals surface area contributed by atoms with Gasteiger partial charge in [-0.2, -0.15) is 0 Å². The second-order valence-corrected chi connectivity index (χ2v) is 25.9. The first kappa shape index (κ1) is 82.5. The maximum absolute atomic E-state index is 14.0. The molecule has 0 unspecified atom stereocenters. The van der Waals surface area contributed by atoms with Gasteiger partial charge in [-0.1, -0.05) is 0 Å². The van der Waals surface area contributed by atoms with E-state index in [0.717, 1.165) is 6.92 Å². The smallest absolute Gasteiger partial charge is 0.364 e. The summed E-state index contributed by atoms with van der Waals surface area (Å²) in [5, 5.41) is 278. The second-order valence-electron chi connectivity index (χ2n) is 25.9. The van der Waals surface area contributed by atoms with E-state index in [2.05, 4.69) is 5.32 Å². The molecule has 44 heteroatoms. The molecular formula is C56H93NO43. The van der Waals surface area contributed by atoms with Crippen LogP contribution in [0.3, 0.4) is 0 Å². The monoisotopic (exact) mass is 1470 g/mol. The van der Waals surface area contributed by atoms with Crippen LogP contribution in [0.5, 0.6) is 0 Å². The zero-order chi connectivity index (χ0) is 74.4. The van der Waals surface area contributed by atoms with Crippen molar-refractivity contribution in [1.82, 2.24) is 5.32 Å². The fraction of sp³-hybridized carbons (Fsp3) is 0.946. The van der Waals surface area contributed by atoms with Crippen LogP contribution in [0.4, 0.5) is 0 Å². The molecule has 0 aromatic carbocycles. The van der Waals surface area contributed by atoms with Gasteiger partial charge in [0.1, 0.15) is 171 Å². The highest BCUT2D eigenvalue weighted by Gasteiger charge is 2.65. The van der Waals surface area contributed by atoms with E-state index in [-0.39, 0.29) is 0 Å². The Morgan fingerprint density at radius 2 is 0.780 bits per heavy atom. The zero-order valence-corrected chi connectivity index (χ0v) is 53.9. The van der Waals surface area contributed by atoms with Gasteiger partial charge in [0.25, 0.3) is 11.6 Å². The maximum Gasteiger partial charge on any atom is 0.364 e. The van der Waals surface area contributed by atoms with Gasteiger partial charge in [0.15, 0.2) is 37.7 Å². The molecule has 580 valence electrons. The first-order valence-electron chi connectivity index (χ1n) is 31.8. The van der Waals surface area contributed by atoms with E-state index in [1.165, 1.54) is 27.7 Å².